The summed E-state index contributed by atoms with van der Waals surface area (Å²) in [5.41, 5.74) is 11.1. The minimum atomic E-state index is -0.568. The van der Waals surface area contributed by atoms with E-state index in [-0.39, 0.29) is 23.2 Å². The lowest BCUT2D eigenvalue weighted by molar-refractivity contribution is 0.0944. The average Bonchev–Trinajstić information content (AvgIpc) is 2.28. The molecule has 0 radical (unpaired) electrons. The van der Waals surface area contributed by atoms with E-state index >= 15 is 0 Å². The van der Waals surface area contributed by atoms with Gasteiger partial charge in [-0.3, -0.25) is 14.6 Å². The fourth-order valence-corrected chi connectivity index (χ4v) is 1.18. The molecule has 6 heteroatoms. The number of rotatable bonds is 5. The molecule has 1 aromatic rings. The van der Waals surface area contributed by atoms with E-state index in [2.05, 4.69) is 10.3 Å². The summed E-state index contributed by atoms with van der Waals surface area (Å²) in [5.74, 6) is -0.858. The highest BCUT2D eigenvalue weighted by molar-refractivity contribution is 5.95. The standard InChI is InChI=1S/C11H16N4O2/c1-7(12)4-5-14-11(17)9-3-2-8(6-15-9)10(13)16/h2-3,6-7H,4-5,12H2,1H3,(H2,13,16)(H,14,17). The van der Waals surface area contributed by atoms with Gasteiger partial charge in [-0.2, -0.15) is 0 Å². The summed E-state index contributed by atoms with van der Waals surface area (Å²) in [6.45, 7) is 2.36. The Bertz CT molecular complexity index is 400. The summed E-state index contributed by atoms with van der Waals surface area (Å²) in [5, 5.41) is 2.68. The van der Waals surface area contributed by atoms with Gasteiger partial charge in [0.05, 0.1) is 5.56 Å². The Morgan fingerprint density at radius 2 is 2.18 bits per heavy atom. The van der Waals surface area contributed by atoms with Crippen LogP contribution in [0.4, 0.5) is 0 Å². The predicted molar refractivity (Wildman–Crippen MR) is 63.4 cm³/mol. The number of nitrogens with zero attached hydrogens (tertiary/aromatic N) is 1. The molecule has 0 aliphatic rings. The van der Waals surface area contributed by atoms with Gasteiger partial charge in [-0.1, -0.05) is 0 Å². The number of carbonyl (C=O) groups is 2. The Morgan fingerprint density at radius 1 is 1.47 bits per heavy atom. The monoisotopic (exact) mass is 236 g/mol. The fraction of sp³-hybridized carbons (Fsp3) is 0.364. The first-order valence-corrected chi connectivity index (χ1v) is 5.30. The van der Waals surface area contributed by atoms with Crippen LogP contribution < -0.4 is 16.8 Å². The van der Waals surface area contributed by atoms with E-state index in [0.717, 1.165) is 0 Å². The number of hydrogen-bond donors (Lipinski definition) is 3. The second-order valence-corrected chi connectivity index (χ2v) is 3.82. The van der Waals surface area contributed by atoms with Crippen LogP contribution in [0, 0.1) is 0 Å². The van der Waals surface area contributed by atoms with E-state index in [1.165, 1.54) is 18.3 Å². The summed E-state index contributed by atoms with van der Waals surface area (Å²) in [6.07, 6.45) is 1.98. The van der Waals surface area contributed by atoms with Crippen molar-refractivity contribution in [2.75, 3.05) is 6.54 Å². The Kier molecular flexibility index (Phi) is 4.59. The van der Waals surface area contributed by atoms with Gasteiger partial charge in [-0.25, -0.2) is 0 Å². The van der Waals surface area contributed by atoms with Gasteiger partial charge < -0.3 is 16.8 Å². The zero-order chi connectivity index (χ0) is 12.8. The van der Waals surface area contributed by atoms with Crippen molar-refractivity contribution in [3.05, 3.63) is 29.6 Å². The van der Waals surface area contributed by atoms with Crippen molar-refractivity contribution >= 4 is 11.8 Å². The zero-order valence-corrected chi connectivity index (χ0v) is 9.64. The maximum Gasteiger partial charge on any atom is 0.269 e. The highest BCUT2D eigenvalue weighted by Gasteiger charge is 2.08. The number of carbonyl (C=O) groups excluding carboxylic acids is 2. The van der Waals surface area contributed by atoms with Crippen LogP contribution >= 0.6 is 0 Å². The van der Waals surface area contributed by atoms with Crippen LogP contribution in [0.2, 0.25) is 0 Å². The maximum atomic E-state index is 11.6. The molecule has 0 bridgehead atoms. The molecule has 6 nitrogen and oxygen atoms in total. The first-order chi connectivity index (χ1) is 8.00. The van der Waals surface area contributed by atoms with Crippen LogP contribution in [-0.4, -0.2) is 29.4 Å². The van der Waals surface area contributed by atoms with Gasteiger partial charge in [0.15, 0.2) is 0 Å². The minimum absolute atomic E-state index is 0.0421. The first-order valence-electron chi connectivity index (χ1n) is 5.30. The highest BCUT2D eigenvalue weighted by Crippen LogP contribution is 1.99. The third kappa shape index (κ3) is 4.20. The summed E-state index contributed by atoms with van der Waals surface area (Å²) in [7, 11) is 0. The van der Waals surface area contributed by atoms with Crippen LogP contribution in [-0.2, 0) is 0 Å². The molecular weight excluding hydrogens is 220 g/mol. The number of aromatic nitrogens is 1. The summed E-state index contributed by atoms with van der Waals surface area (Å²) >= 11 is 0. The van der Waals surface area contributed by atoms with Crippen molar-refractivity contribution < 1.29 is 9.59 Å². The van der Waals surface area contributed by atoms with Crippen molar-refractivity contribution in [3.63, 3.8) is 0 Å². The number of amides is 2. The average molecular weight is 236 g/mol. The van der Waals surface area contributed by atoms with E-state index in [9.17, 15) is 9.59 Å². The van der Waals surface area contributed by atoms with Crippen molar-refractivity contribution in [1.82, 2.24) is 10.3 Å². The first kappa shape index (κ1) is 13.1. The third-order valence-electron chi connectivity index (χ3n) is 2.17. The van der Waals surface area contributed by atoms with Crippen LogP contribution in [0.15, 0.2) is 18.3 Å². The molecule has 1 rings (SSSR count). The Morgan fingerprint density at radius 3 is 2.65 bits per heavy atom. The number of pyridine rings is 1. The van der Waals surface area contributed by atoms with E-state index in [1.807, 2.05) is 6.92 Å². The molecule has 17 heavy (non-hydrogen) atoms. The van der Waals surface area contributed by atoms with Crippen molar-refractivity contribution in [3.8, 4) is 0 Å². The molecular formula is C11H16N4O2. The van der Waals surface area contributed by atoms with Crippen molar-refractivity contribution in [2.24, 2.45) is 11.5 Å². The van der Waals surface area contributed by atoms with Gasteiger partial charge in [0.2, 0.25) is 5.91 Å². The summed E-state index contributed by atoms with van der Waals surface area (Å²) < 4.78 is 0. The molecule has 0 saturated carbocycles. The van der Waals surface area contributed by atoms with Crippen LogP contribution in [0.5, 0.6) is 0 Å². The second-order valence-electron chi connectivity index (χ2n) is 3.82. The van der Waals surface area contributed by atoms with E-state index in [1.54, 1.807) is 0 Å². The second kappa shape index (κ2) is 5.95. The normalized spacial score (nSPS) is 11.9. The molecule has 0 spiro atoms. The van der Waals surface area contributed by atoms with Gasteiger partial charge in [0, 0.05) is 18.8 Å². The predicted octanol–water partition coefficient (Wildman–Crippen LogP) is -0.352. The number of nitrogens with one attached hydrogen (secondary N) is 1. The van der Waals surface area contributed by atoms with Gasteiger partial charge >= 0.3 is 0 Å². The van der Waals surface area contributed by atoms with Crippen molar-refractivity contribution in [2.45, 2.75) is 19.4 Å². The topological polar surface area (TPSA) is 111 Å². The minimum Gasteiger partial charge on any atom is -0.366 e. The molecule has 2 amide bonds. The third-order valence-corrected chi connectivity index (χ3v) is 2.17. The number of hydrogen-bond acceptors (Lipinski definition) is 4. The van der Waals surface area contributed by atoms with Crippen LogP contribution in [0.3, 0.4) is 0 Å². The maximum absolute atomic E-state index is 11.6. The Balaban J connectivity index is 2.55. The molecule has 0 aliphatic carbocycles. The highest BCUT2D eigenvalue weighted by atomic mass is 16.2. The van der Waals surface area contributed by atoms with Gasteiger partial charge in [-0.15, -0.1) is 0 Å². The number of nitrogens with two attached hydrogens (primary N) is 2. The van der Waals surface area contributed by atoms with Gasteiger partial charge in [-0.05, 0) is 25.5 Å². The lowest BCUT2D eigenvalue weighted by atomic mass is 10.2. The number of primary amides is 1. The SMILES string of the molecule is CC(N)CCNC(=O)c1ccc(C(N)=O)cn1. The van der Waals surface area contributed by atoms with E-state index in [4.69, 9.17) is 11.5 Å². The van der Waals surface area contributed by atoms with E-state index in [0.29, 0.717) is 13.0 Å². The van der Waals surface area contributed by atoms with Crippen LogP contribution in [0.25, 0.3) is 0 Å². The molecule has 1 aromatic heterocycles. The lowest BCUT2D eigenvalue weighted by Crippen LogP contribution is -2.29. The molecule has 1 heterocycles. The molecule has 92 valence electrons. The largest absolute Gasteiger partial charge is 0.366 e. The molecule has 0 saturated heterocycles. The van der Waals surface area contributed by atoms with Gasteiger partial charge in [0.25, 0.3) is 5.91 Å². The van der Waals surface area contributed by atoms with E-state index < -0.39 is 5.91 Å². The zero-order valence-electron chi connectivity index (χ0n) is 9.64. The molecule has 1 atom stereocenters. The smallest absolute Gasteiger partial charge is 0.269 e. The Labute approximate surface area is 99.4 Å². The molecule has 0 fully saturated rings. The molecule has 5 N–H and O–H groups in total. The quantitative estimate of drug-likeness (QED) is 0.648. The molecule has 1 unspecified atom stereocenters. The molecule has 0 aromatic carbocycles. The fourth-order valence-electron chi connectivity index (χ4n) is 1.18. The lowest BCUT2D eigenvalue weighted by Gasteiger charge is -2.06. The molecule has 0 aliphatic heterocycles. The van der Waals surface area contributed by atoms with Crippen molar-refractivity contribution in [1.29, 1.82) is 0 Å². The van der Waals surface area contributed by atoms with Gasteiger partial charge in [0.1, 0.15) is 5.69 Å². The van der Waals surface area contributed by atoms with Crippen LogP contribution in [0.1, 0.15) is 34.2 Å². The summed E-state index contributed by atoms with van der Waals surface area (Å²) in [4.78, 5) is 26.2. The summed E-state index contributed by atoms with van der Waals surface area (Å²) in [6, 6.07) is 2.97. The Hall–Kier alpha value is -1.95.